The minimum absolute atomic E-state index is 0.259. The SMILES string of the molecule is CCCCOCCOCCOCCC(C)C(C)O. The Hall–Kier alpha value is -0.160. The fourth-order valence-electron chi connectivity index (χ4n) is 1.30. The highest BCUT2D eigenvalue weighted by molar-refractivity contribution is 4.57. The van der Waals surface area contributed by atoms with E-state index in [-0.39, 0.29) is 12.0 Å². The lowest BCUT2D eigenvalue weighted by atomic mass is 10.0. The van der Waals surface area contributed by atoms with E-state index in [1.165, 1.54) is 6.42 Å². The van der Waals surface area contributed by atoms with Gasteiger partial charge in [0.05, 0.1) is 32.5 Å². The molecule has 0 radical (unpaired) electrons. The van der Waals surface area contributed by atoms with Gasteiger partial charge in [-0.25, -0.2) is 0 Å². The molecule has 0 spiro atoms. The molecule has 0 aliphatic rings. The number of aliphatic hydroxyl groups is 1. The number of aliphatic hydroxyl groups excluding tert-OH is 1. The zero-order valence-corrected chi connectivity index (χ0v) is 12.2. The lowest BCUT2D eigenvalue weighted by molar-refractivity contribution is 0.00873. The third-order valence-electron chi connectivity index (χ3n) is 2.93. The summed E-state index contributed by atoms with van der Waals surface area (Å²) in [5.41, 5.74) is 0. The van der Waals surface area contributed by atoms with Gasteiger partial charge >= 0.3 is 0 Å². The molecule has 0 rings (SSSR count). The number of unbranched alkanes of at least 4 members (excludes halogenated alkanes) is 1. The van der Waals surface area contributed by atoms with Crippen molar-refractivity contribution in [1.82, 2.24) is 0 Å². The minimum Gasteiger partial charge on any atom is -0.393 e. The summed E-state index contributed by atoms with van der Waals surface area (Å²) in [5, 5.41) is 9.29. The topological polar surface area (TPSA) is 47.9 Å². The Morgan fingerprint density at radius 3 is 1.83 bits per heavy atom. The Kier molecular flexibility index (Phi) is 13.2. The molecule has 0 aromatic rings. The molecule has 1 N–H and O–H groups in total. The number of hydrogen-bond acceptors (Lipinski definition) is 4. The summed E-state index contributed by atoms with van der Waals surface area (Å²) in [6, 6.07) is 0. The first kappa shape index (κ1) is 17.8. The van der Waals surface area contributed by atoms with Crippen LogP contribution in [0.1, 0.15) is 40.0 Å². The zero-order valence-electron chi connectivity index (χ0n) is 12.2. The highest BCUT2D eigenvalue weighted by Crippen LogP contribution is 2.06. The Labute approximate surface area is 112 Å². The van der Waals surface area contributed by atoms with Gasteiger partial charge in [-0.15, -0.1) is 0 Å². The third kappa shape index (κ3) is 12.3. The molecule has 4 nitrogen and oxygen atoms in total. The highest BCUT2D eigenvalue weighted by Gasteiger charge is 2.07. The van der Waals surface area contributed by atoms with E-state index in [0.29, 0.717) is 33.0 Å². The molecule has 0 saturated heterocycles. The minimum atomic E-state index is -0.259. The van der Waals surface area contributed by atoms with E-state index < -0.39 is 0 Å². The van der Waals surface area contributed by atoms with Crippen LogP contribution in [0.5, 0.6) is 0 Å². The Balaban J connectivity index is 3.03. The fourth-order valence-corrected chi connectivity index (χ4v) is 1.30. The first-order valence-corrected chi connectivity index (χ1v) is 7.09. The molecule has 18 heavy (non-hydrogen) atoms. The van der Waals surface area contributed by atoms with E-state index in [0.717, 1.165) is 19.4 Å². The van der Waals surface area contributed by atoms with Gasteiger partial charge in [-0.2, -0.15) is 0 Å². The number of rotatable bonds is 13. The van der Waals surface area contributed by atoms with Crippen molar-refractivity contribution < 1.29 is 19.3 Å². The second-order valence-electron chi connectivity index (χ2n) is 4.70. The molecule has 2 unspecified atom stereocenters. The molecular formula is C14H30O4. The van der Waals surface area contributed by atoms with Crippen molar-refractivity contribution in [3.05, 3.63) is 0 Å². The van der Waals surface area contributed by atoms with Crippen LogP contribution >= 0.6 is 0 Å². The maximum absolute atomic E-state index is 9.29. The first-order chi connectivity index (χ1) is 8.68. The summed E-state index contributed by atoms with van der Waals surface area (Å²) in [6.07, 6.45) is 2.91. The average molecular weight is 262 g/mol. The summed E-state index contributed by atoms with van der Waals surface area (Å²) in [6.45, 7) is 10.0. The van der Waals surface area contributed by atoms with Crippen LogP contribution < -0.4 is 0 Å². The van der Waals surface area contributed by atoms with Gasteiger partial charge in [0.2, 0.25) is 0 Å². The average Bonchev–Trinajstić information content (AvgIpc) is 2.35. The van der Waals surface area contributed by atoms with Crippen LogP contribution in [-0.2, 0) is 14.2 Å². The van der Waals surface area contributed by atoms with E-state index in [1.807, 2.05) is 13.8 Å². The van der Waals surface area contributed by atoms with Crippen LogP contribution in [0.15, 0.2) is 0 Å². The Morgan fingerprint density at radius 2 is 1.33 bits per heavy atom. The Bertz CT molecular complexity index is 162. The Morgan fingerprint density at radius 1 is 0.833 bits per heavy atom. The second kappa shape index (κ2) is 13.3. The van der Waals surface area contributed by atoms with Gasteiger partial charge in [0.15, 0.2) is 0 Å². The molecule has 0 bridgehead atoms. The molecule has 0 fully saturated rings. The van der Waals surface area contributed by atoms with Crippen LogP contribution in [0, 0.1) is 5.92 Å². The zero-order chi connectivity index (χ0) is 13.6. The van der Waals surface area contributed by atoms with Crippen LogP contribution in [0.2, 0.25) is 0 Å². The maximum Gasteiger partial charge on any atom is 0.0701 e. The van der Waals surface area contributed by atoms with E-state index >= 15 is 0 Å². The second-order valence-corrected chi connectivity index (χ2v) is 4.70. The van der Waals surface area contributed by atoms with Gasteiger partial charge < -0.3 is 19.3 Å². The normalized spacial score (nSPS) is 14.7. The van der Waals surface area contributed by atoms with Crippen LogP contribution in [0.25, 0.3) is 0 Å². The van der Waals surface area contributed by atoms with E-state index in [1.54, 1.807) is 0 Å². The molecule has 0 amide bonds. The summed E-state index contributed by atoms with van der Waals surface area (Å²) >= 11 is 0. The van der Waals surface area contributed by atoms with Gasteiger partial charge in [0, 0.05) is 13.2 Å². The number of ether oxygens (including phenoxy) is 3. The van der Waals surface area contributed by atoms with Gasteiger partial charge in [-0.3, -0.25) is 0 Å². The lowest BCUT2D eigenvalue weighted by Crippen LogP contribution is -2.16. The first-order valence-electron chi connectivity index (χ1n) is 7.09. The smallest absolute Gasteiger partial charge is 0.0701 e. The molecule has 0 heterocycles. The summed E-state index contributed by atoms with van der Waals surface area (Å²) in [5.74, 6) is 0.290. The lowest BCUT2D eigenvalue weighted by Gasteiger charge is -2.14. The van der Waals surface area contributed by atoms with Gasteiger partial charge in [0.25, 0.3) is 0 Å². The van der Waals surface area contributed by atoms with Crippen molar-refractivity contribution >= 4 is 0 Å². The molecule has 110 valence electrons. The molecule has 0 saturated carbocycles. The van der Waals surface area contributed by atoms with E-state index in [4.69, 9.17) is 14.2 Å². The van der Waals surface area contributed by atoms with Crippen LogP contribution in [0.4, 0.5) is 0 Å². The monoisotopic (exact) mass is 262 g/mol. The van der Waals surface area contributed by atoms with Crippen molar-refractivity contribution in [2.45, 2.75) is 46.1 Å². The van der Waals surface area contributed by atoms with Crippen LogP contribution in [0.3, 0.4) is 0 Å². The van der Waals surface area contributed by atoms with Gasteiger partial charge in [-0.05, 0) is 25.7 Å². The van der Waals surface area contributed by atoms with Crippen molar-refractivity contribution in [2.24, 2.45) is 5.92 Å². The maximum atomic E-state index is 9.29. The van der Waals surface area contributed by atoms with Gasteiger partial charge in [-0.1, -0.05) is 20.3 Å². The molecular weight excluding hydrogens is 232 g/mol. The van der Waals surface area contributed by atoms with E-state index in [9.17, 15) is 5.11 Å². The quantitative estimate of drug-likeness (QED) is 0.517. The largest absolute Gasteiger partial charge is 0.393 e. The summed E-state index contributed by atoms with van der Waals surface area (Å²) in [4.78, 5) is 0. The van der Waals surface area contributed by atoms with E-state index in [2.05, 4.69) is 6.92 Å². The fraction of sp³-hybridized carbons (Fsp3) is 1.00. The van der Waals surface area contributed by atoms with Crippen molar-refractivity contribution in [1.29, 1.82) is 0 Å². The molecule has 0 aromatic carbocycles. The number of hydrogen-bond donors (Lipinski definition) is 1. The van der Waals surface area contributed by atoms with Crippen molar-refractivity contribution in [3.8, 4) is 0 Å². The third-order valence-corrected chi connectivity index (χ3v) is 2.93. The van der Waals surface area contributed by atoms with Crippen LogP contribution in [-0.4, -0.2) is 50.9 Å². The standard InChI is InChI=1S/C14H30O4/c1-4-5-7-16-9-11-18-12-10-17-8-6-13(2)14(3)15/h13-15H,4-12H2,1-3H3. The molecule has 4 heteroatoms. The summed E-state index contributed by atoms with van der Waals surface area (Å²) in [7, 11) is 0. The molecule has 0 aromatic heterocycles. The van der Waals surface area contributed by atoms with Gasteiger partial charge in [0.1, 0.15) is 0 Å². The van der Waals surface area contributed by atoms with Crippen molar-refractivity contribution in [2.75, 3.05) is 39.6 Å². The molecule has 0 aliphatic heterocycles. The highest BCUT2D eigenvalue weighted by atomic mass is 16.5. The predicted molar refractivity (Wildman–Crippen MR) is 72.8 cm³/mol. The predicted octanol–water partition coefficient (Wildman–Crippen LogP) is 2.24. The van der Waals surface area contributed by atoms with Crippen molar-refractivity contribution in [3.63, 3.8) is 0 Å². The summed E-state index contributed by atoms with van der Waals surface area (Å²) < 4.78 is 16.2. The molecule has 0 aliphatic carbocycles. The molecule has 2 atom stereocenters.